The second kappa shape index (κ2) is 5.29. The van der Waals surface area contributed by atoms with Gasteiger partial charge in [0.25, 0.3) is 5.56 Å². The summed E-state index contributed by atoms with van der Waals surface area (Å²) in [6, 6.07) is 1.40. The molecule has 0 radical (unpaired) electrons. The van der Waals surface area contributed by atoms with Crippen LogP contribution in [0, 0.1) is 5.92 Å². The molecule has 16 heavy (non-hydrogen) atoms. The van der Waals surface area contributed by atoms with Crippen molar-refractivity contribution < 1.29 is 4.79 Å². The zero-order valence-corrected chi connectivity index (χ0v) is 9.43. The Hall–Kier alpha value is -1.85. The van der Waals surface area contributed by atoms with Gasteiger partial charge in [-0.3, -0.25) is 9.59 Å². The quantitative estimate of drug-likeness (QED) is 0.724. The highest BCUT2D eigenvalue weighted by atomic mass is 16.2. The molecule has 0 aliphatic heterocycles. The standard InChI is InChI=1S/C10H16N4O2/c1-7(2)4-12-8-3-10(16)14(13-5-8)6-9(11)15/h3,5,7,12H,4,6H2,1-2H3,(H2,11,15). The highest BCUT2D eigenvalue weighted by molar-refractivity contribution is 5.73. The smallest absolute Gasteiger partial charge is 0.269 e. The lowest BCUT2D eigenvalue weighted by molar-refractivity contribution is -0.118. The molecule has 0 unspecified atom stereocenters. The number of nitrogens with two attached hydrogens (primary N) is 1. The van der Waals surface area contributed by atoms with Crippen molar-refractivity contribution in [2.24, 2.45) is 11.7 Å². The van der Waals surface area contributed by atoms with E-state index in [0.29, 0.717) is 11.6 Å². The van der Waals surface area contributed by atoms with Gasteiger partial charge in [0.15, 0.2) is 0 Å². The molecule has 0 aliphatic carbocycles. The van der Waals surface area contributed by atoms with E-state index in [1.54, 1.807) is 0 Å². The van der Waals surface area contributed by atoms with Gasteiger partial charge in [-0.2, -0.15) is 5.10 Å². The summed E-state index contributed by atoms with van der Waals surface area (Å²) >= 11 is 0. The number of hydrogen-bond acceptors (Lipinski definition) is 4. The second-order valence-corrected chi connectivity index (χ2v) is 3.98. The van der Waals surface area contributed by atoms with Crippen LogP contribution in [0.1, 0.15) is 13.8 Å². The Kier molecular flexibility index (Phi) is 4.04. The number of rotatable bonds is 5. The molecule has 1 rings (SSSR count). The summed E-state index contributed by atoms with van der Waals surface area (Å²) < 4.78 is 1.03. The van der Waals surface area contributed by atoms with Crippen LogP contribution in [-0.2, 0) is 11.3 Å². The van der Waals surface area contributed by atoms with E-state index in [0.717, 1.165) is 11.2 Å². The van der Waals surface area contributed by atoms with Crippen molar-refractivity contribution >= 4 is 11.6 Å². The summed E-state index contributed by atoms with van der Waals surface area (Å²) in [5, 5.41) is 6.91. The zero-order valence-electron chi connectivity index (χ0n) is 9.43. The minimum Gasteiger partial charge on any atom is -0.383 e. The Morgan fingerprint density at radius 2 is 2.31 bits per heavy atom. The molecule has 3 N–H and O–H groups in total. The Balaban J connectivity index is 2.75. The third-order valence-electron chi connectivity index (χ3n) is 1.89. The zero-order chi connectivity index (χ0) is 12.1. The summed E-state index contributed by atoms with van der Waals surface area (Å²) in [5.74, 6) is -0.106. The summed E-state index contributed by atoms with van der Waals surface area (Å²) in [5.41, 5.74) is 5.29. The van der Waals surface area contributed by atoms with Gasteiger partial charge in [0.05, 0.1) is 11.9 Å². The number of aromatic nitrogens is 2. The lowest BCUT2D eigenvalue weighted by Gasteiger charge is -2.08. The van der Waals surface area contributed by atoms with Gasteiger partial charge in [0.1, 0.15) is 6.54 Å². The maximum absolute atomic E-state index is 11.5. The van der Waals surface area contributed by atoms with E-state index in [-0.39, 0.29) is 12.1 Å². The maximum atomic E-state index is 11.5. The number of amides is 1. The first-order valence-corrected chi connectivity index (χ1v) is 5.08. The van der Waals surface area contributed by atoms with Crippen molar-refractivity contribution in [3.05, 3.63) is 22.6 Å². The van der Waals surface area contributed by atoms with Gasteiger partial charge in [-0.1, -0.05) is 13.8 Å². The van der Waals surface area contributed by atoms with Crippen LogP contribution in [-0.4, -0.2) is 22.2 Å². The summed E-state index contributed by atoms with van der Waals surface area (Å²) in [6.07, 6.45) is 1.51. The van der Waals surface area contributed by atoms with E-state index >= 15 is 0 Å². The number of carbonyl (C=O) groups is 1. The van der Waals surface area contributed by atoms with E-state index in [4.69, 9.17) is 5.73 Å². The van der Waals surface area contributed by atoms with Gasteiger partial charge in [0, 0.05) is 12.6 Å². The Morgan fingerprint density at radius 3 is 2.81 bits per heavy atom. The number of anilines is 1. The molecule has 0 atom stereocenters. The molecule has 0 saturated carbocycles. The van der Waals surface area contributed by atoms with Crippen LogP contribution in [0.15, 0.2) is 17.1 Å². The van der Waals surface area contributed by atoms with E-state index in [1.807, 2.05) is 0 Å². The summed E-state index contributed by atoms with van der Waals surface area (Å²) in [4.78, 5) is 22.1. The molecule has 6 heteroatoms. The summed E-state index contributed by atoms with van der Waals surface area (Å²) in [6.45, 7) is 4.70. The minimum atomic E-state index is -0.586. The van der Waals surface area contributed by atoms with Crippen LogP contribution in [0.25, 0.3) is 0 Å². The average molecular weight is 224 g/mol. The molecule has 1 amide bonds. The number of primary amides is 1. The highest BCUT2D eigenvalue weighted by Gasteiger charge is 2.03. The Labute approximate surface area is 93.5 Å². The van der Waals surface area contributed by atoms with Crippen molar-refractivity contribution in [1.82, 2.24) is 9.78 Å². The Bertz CT molecular complexity index is 425. The van der Waals surface area contributed by atoms with E-state index in [9.17, 15) is 9.59 Å². The predicted octanol–water partition coefficient (Wildman–Crippen LogP) is -0.203. The molecule has 1 aromatic rings. The topological polar surface area (TPSA) is 90.0 Å². The van der Waals surface area contributed by atoms with Crippen LogP contribution in [0.3, 0.4) is 0 Å². The van der Waals surface area contributed by atoms with Crippen LogP contribution in [0.2, 0.25) is 0 Å². The van der Waals surface area contributed by atoms with Crippen molar-refractivity contribution in [3.63, 3.8) is 0 Å². The first kappa shape index (κ1) is 12.2. The van der Waals surface area contributed by atoms with Crippen LogP contribution >= 0.6 is 0 Å². The number of nitrogens with zero attached hydrogens (tertiary/aromatic N) is 2. The molecule has 0 saturated heterocycles. The molecule has 0 bridgehead atoms. The largest absolute Gasteiger partial charge is 0.383 e. The molecule has 1 heterocycles. The Morgan fingerprint density at radius 1 is 1.62 bits per heavy atom. The maximum Gasteiger partial charge on any atom is 0.269 e. The average Bonchev–Trinajstić information content (AvgIpc) is 2.18. The van der Waals surface area contributed by atoms with Crippen molar-refractivity contribution in [1.29, 1.82) is 0 Å². The van der Waals surface area contributed by atoms with Gasteiger partial charge >= 0.3 is 0 Å². The third-order valence-corrected chi connectivity index (χ3v) is 1.89. The van der Waals surface area contributed by atoms with Crippen LogP contribution in [0.4, 0.5) is 5.69 Å². The van der Waals surface area contributed by atoms with E-state index < -0.39 is 5.91 Å². The normalized spacial score (nSPS) is 10.4. The molecule has 0 aromatic carbocycles. The van der Waals surface area contributed by atoms with Crippen LogP contribution in [0.5, 0.6) is 0 Å². The lowest BCUT2D eigenvalue weighted by Crippen LogP contribution is -2.29. The van der Waals surface area contributed by atoms with Gasteiger partial charge in [-0.15, -0.1) is 0 Å². The van der Waals surface area contributed by atoms with E-state index in [1.165, 1.54) is 12.3 Å². The van der Waals surface area contributed by atoms with Crippen molar-refractivity contribution in [2.75, 3.05) is 11.9 Å². The molecule has 0 aliphatic rings. The molecular formula is C10H16N4O2. The fourth-order valence-corrected chi connectivity index (χ4v) is 1.12. The summed E-state index contributed by atoms with van der Waals surface area (Å²) in [7, 11) is 0. The van der Waals surface area contributed by atoms with Gasteiger partial charge < -0.3 is 11.1 Å². The lowest BCUT2D eigenvalue weighted by atomic mass is 10.2. The molecule has 0 spiro atoms. The van der Waals surface area contributed by atoms with Gasteiger partial charge in [-0.05, 0) is 5.92 Å². The second-order valence-electron chi connectivity index (χ2n) is 3.98. The number of hydrogen-bond donors (Lipinski definition) is 2. The first-order chi connectivity index (χ1) is 7.49. The van der Waals surface area contributed by atoms with Crippen molar-refractivity contribution in [2.45, 2.75) is 20.4 Å². The molecular weight excluding hydrogens is 208 g/mol. The van der Waals surface area contributed by atoms with Gasteiger partial charge in [0.2, 0.25) is 5.91 Å². The SMILES string of the molecule is CC(C)CNc1cnn(CC(N)=O)c(=O)c1. The predicted molar refractivity (Wildman–Crippen MR) is 61.0 cm³/mol. The molecule has 0 fully saturated rings. The molecule has 6 nitrogen and oxygen atoms in total. The van der Waals surface area contributed by atoms with Crippen molar-refractivity contribution in [3.8, 4) is 0 Å². The molecule has 88 valence electrons. The highest BCUT2D eigenvalue weighted by Crippen LogP contribution is 2.01. The number of nitrogens with one attached hydrogen (secondary N) is 1. The van der Waals surface area contributed by atoms with Crippen LogP contribution < -0.4 is 16.6 Å². The monoisotopic (exact) mass is 224 g/mol. The minimum absolute atomic E-state index is 0.191. The number of carbonyl (C=O) groups excluding carboxylic acids is 1. The fraction of sp³-hybridized carbons (Fsp3) is 0.500. The van der Waals surface area contributed by atoms with Gasteiger partial charge in [-0.25, -0.2) is 4.68 Å². The fourth-order valence-electron chi connectivity index (χ4n) is 1.12. The first-order valence-electron chi connectivity index (χ1n) is 5.08. The van der Waals surface area contributed by atoms with E-state index in [2.05, 4.69) is 24.3 Å². The third kappa shape index (κ3) is 3.72. The molecule has 1 aromatic heterocycles.